The SMILES string of the molecule is COc1cccc(CNC(=O)COCc2nnc(C(=O)Nc3ccc(C)cc3)s2)c1. The predicted molar refractivity (Wildman–Crippen MR) is 114 cm³/mol. The third kappa shape index (κ3) is 6.36. The molecule has 0 saturated heterocycles. The highest BCUT2D eigenvalue weighted by atomic mass is 32.1. The highest BCUT2D eigenvalue weighted by molar-refractivity contribution is 7.13. The molecule has 2 amide bonds. The minimum absolute atomic E-state index is 0.0993. The van der Waals surface area contributed by atoms with E-state index in [1.807, 2.05) is 55.5 Å². The summed E-state index contributed by atoms with van der Waals surface area (Å²) < 4.78 is 10.5. The van der Waals surface area contributed by atoms with Crippen molar-refractivity contribution in [2.24, 2.45) is 0 Å². The molecule has 2 N–H and O–H groups in total. The second-order valence-electron chi connectivity index (χ2n) is 6.44. The Morgan fingerprint density at radius 3 is 2.67 bits per heavy atom. The lowest BCUT2D eigenvalue weighted by Crippen LogP contribution is -2.27. The van der Waals surface area contributed by atoms with Crippen molar-refractivity contribution in [2.75, 3.05) is 19.0 Å². The van der Waals surface area contributed by atoms with E-state index in [4.69, 9.17) is 9.47 Å². The summed E-state index contributed by atoms with van der Waals surface area (Å²) in [6.07, 6.45) is 0. The van der Waals surface area contributed by atoms with Crippen LogP contribution in [0.1, 0.15) is 25.9 Å². The molecule has 0 bridgehead atoms. The van der Waals surface area contributed by atoms with Crippen molar-refractivity contribution in [3.8, 4) is 5.75 Å². The molecule has 0 atom stereocenters. The van der Waals surface area contributed by atoms with Crippen LogP contribution < -0.4 is 15.4 Å². The van der Waals surface area contributed by atoms with E-state index >= 15 is 0 Å². The highest BCUT2D eigenvalue weighted by Crippen LogP contribution is 2.15. The second-order valence-corrected chi connectivity index (χ2v) is 7.50. The molecule has 30 heavy (non-hydrogen) atoms. The van der Waals surface area contributed by atoms with Crippen LogP contribution >= 0.6 is 11.3 Å². The Kier molecular flexibility index (Phi) is 7.47. The van der Waals surface area contributed by atoms with E-state index in [1.54, 1.807) is 7.11 Å². The van der Waals surface area contributed by atoms with Crippen molar-refractivity contribution in [1.29, 1.82) is 0 Å². The average Bonchev–Trinajstić information content (AvgIpc) is 3.23. The fourth-order valence-electron chi connectivity index (χ4n) is 2.49. The number of rotatable bonds is 9. The average molecular weight is 426 g/mol. The number of hydrogen-bond donors (Lipinski definition) is 2. The van der Waals surface area contributed by atoms with Crippen LogP contribution in [-0.4, -0.2) is 35.7 Å². The summed E-state index contributed by atoms with van der Waals surface area (Å²) in [6.45, 7) is 2.33. The Bertz CT molecular complexity index is 1000. The number of anilines is 1. The monoisotopic (exact) mass is 426 g/mol. The van der Waals surface area contributed by atoms with E-state index in [2.05, 4.69) is 20.8 Å². The van der Waals surface area contributed by atoms with Crippen molar-refractivity contribution < 1.29 is 19.1 Å². The minimum atomic E-state index is -0.335. The van der Waals surface area contributed by atoms with E-state index in [-0.39, 0.29) is 30.0 Å². The first kappa shape index (κ1) is 21.4. The van der Waals surface area contributed by atoms with Crippen molar-refractivity contribution >= 4 is 28.8 Å². The number of nitrogens with zero attached hydrogens (tertiary/aromatic N) is 2. The molecular weight excluding hydrogens is 404 g/mol. The first-order valence-electron chi connectivity index (χ1n) is 9.21. The summed E-state index contributed by atoms with van der Waals surface area (Å²) >= 11 is 1.12. The van der Waals surface area contributed by atoms with Gasteiger partial charge in [-0.3, -0.25) is 9.59 Å². The summed E-state index contributed by atoms with van der Waals surface area (Å²) in [5, 5.41) is 14.1. The number of aryl methyl sites for hydroxylation is 1. The zero-order valence-electron chi connectivity index (χ0n) is 16.7. The van der Waals surface area contributed by atoms with Gasteiger partial charge in [0.15, 0.2) is 0 Å². The van der Waals surface area contributed by atoms with Crippen LogP contribution in [0.4, 0.5) is 5.69 Å². The van der Waals surface area contributed by atoms with Gasteiger partial charge < -0.3 is 20.1 Å². The Morgan fingerprint density at radius 1 is 1.10 bits per heavy atom. The number of ether oxygens (including phenoxy) is 2. The molecule has 0 radical (unpaired) electrons. The molecule has 0 saturated carbocycles. The van der Waals surface area contributed by atoms with Crippen LogP contribution in [0, 0.1) is 6.92 Å². The van der Waals surface area contributed by atoms with Crippen LogP contribution in [0.5, 0.6) is 5.75 Å². The van der Waals surface area contributed by atoms with Gasteiger partial charge in [0.05, 0.1) is 7.11 Å². The Balaban J connectivity index is 1.40. The molecule has 1 aromatic heterocycles. The number of benzene rings is 2. The van der Waals surface area contributed by atoms with Crippen LogP contribution in [0.25, 0.3) is 0 Å². The highest BCUT2D eigenvalue weighted by Gasteiger charge is 2.13. The molecule has 0 aliphatic rings. The van der Waals surface area contributed by atoms with Crippen molar-refractivity contribution in [3.05, 3.63) is 69.7 Å². The summed E-state index contributed by atoms with van der Waals surface area (Å²) in [7, 11) is 1.59. The molecule has 0 unspecified atom stereocenters. The van der Waals surface area contributed by atoms with E-state index in [9.17, 15) is 9.59 Å². The standard InChI is InChI=1S/C21H22N4O4S/c1-14-6-8-16(9-7-14)23-20(27)21-25-24-19(30-21)13-29-12-18(26)22-11-15-4-3-5-17(10-15)28-2/h3-10H,11-13H2,1-2H3,(H,22,26)(H,23,27). The summed E-state index contributed by atoms with van der Waals surface area (Å²) in [4.78, 5) is 24.2. The normalized spacial score (nSPS) is 10.5. The molecule has 3 rings (SSSR count). The number of carbonyl (C=O) groups excluding carboxylic acids is 2. The molecule has 0 aliphatic carbocycles. The summed E-state index contributed by atoms with van der Waals surface area (Å²) in [5.41, 5.74) is 2.72. The maximum Gasteiger partial charge on any atom is 0.286 e. The smallest absolute Gasteiger partial charge is 0.286 e. The number of carbonyl (C=O) groups is 2. The van der Waals surface area contributed by atoms with Gasteiger partial charge in [-0.25, -0.2) is 0 Å². The van der Waals surface area contributed by atoms with Crippen LogP contribution in [0.15, 0.2) is 48.5 Å². The van der Waals surface area contributed by atoms with Gasteiger partial charge in [0, 0.05) is 12.2 Å². The molecule has 0 fully saturated rings. The third-order valence-electron chi connectivity index (χ3n) is 4.05. The number of hydrogen-bond acceptors (Lipinski definition) is 7. The summed E-state index contributed by atoms with van der Waals surface area (Å²) in [5.74, 6) is 0.148. The molecule has 3 aromatic rings. The van der Waals surface area contributed by atoms with Gasteiger partial charge >= 0.3 is 0 Å². The summed E-state index contributed by atoms with van der Waals surface area (Å²) in [6, 6.07) is 14.9. The largest absolute Gasteiger partial charge is 0.497 e. The zero-order valence-corrected chi connectivity index (χ0v) is 17.5. The molecular formula is C21H22N4O4S. The molecule has 2 aromatic carbocycles. The number of amides is 2. The van der Waals surface area contributed by atoms with Crippen molar-refractivity contribution in [2.45, 2.75) is 20.1 Å². The predicted octanol–water partition coefficient (Wildman–Crippen LogP) is 2.94. The number of methoxy groups -OCH3 is 1. The Hall–Kier alpha value is -3.30. The quantitative estimate of drug-likeness (QED) is 0.545. The minimum Gasteiger partial charge on any atom is -0.497 e. The molecule has 0 spiro atoms. The van der Waals surface area contributed by atoms with Gasteiger partial charge in [-0.1, -0.05) is 41.2 Å². The maximum atomic E-state index is 12.2. The van der Waals surface area contributed by atoms with E-state index < -0.39 is 0 Å². The van der Waals surface area contributed by atoms with Gasteiger partial charge in [0.1, 0.15) is 24.0 Å². The third-order valence-corrected chi connectivity index (χ3v) is 4.95. The Labute approximate surface area is 178 Å². The fourth-order valence-corrected chi connectivity index (χ4v) is 3.16. The van der Waals surface area contributed by atoms with E-state index in [1.165, 1.54) is 0 Å². The number of nitrogens with one attached hydrogen (secondary N) is 2. The lowest BCUT2D eigenvalue weighted by Gasteiger charge is -2.07. The van der Waals surface area contributed by atoms with Gasteiger partial charge in [0.2, 0.25) is 10.9 Å². The maximum absolute atomic E-state index is 12.2. The zero-order chi connectivity index (χ0) is 21.3. The topological polar surface area (TPSA) is 102 Å². The van der Waals surface area contributed by atoms with Gasteiger partial charge in [-0.2, -0.15) is 0 Å². The Morgan fingerprint density at radius 2 is 1.90 bits per heavy atom. The van der Waals surface area contributed by atoms with Crippen LogP contribution in [0.3, 0.4) is 0 Å². The van der Waals surface area contributed by atoms with Crippen molar-refractivity contribution in [3.63, 3.8) is 0 Å². The fraction of sp³-hybridized carbons (Fsp3) is 0.238. The van der Waals surface area contributed by atoms with E-state index in [0.717, 1.165) is 28.2 Å². The molecule has 1 heterocycles. The molecule has 9 heteroatoms. The van der Waals surface area contributed by atoms with E-state index in [0.29, 0.717) is 17.2 Å². The first-order valence-corrected chi connectivity index (χ1v) is 10.0. The lowest BCUT2D eigenvalue weighted by atomic mass is 10.2. The first-order chi connectivity index (χ1) is 14.5. The van der Waals surface area contributed by atoms with Gasteiger partial charge in [0.25, 0.3) is 5.91 Å². The van der Waals surface area contributed by atoms with Gasteiger partial charge in [-0.05, 0) is 36.8 Å². The molecule has 8 nitrogen and oxygen atoms in total. The van der Waals surface area contributed by atoms with Crippen LogP contribution in [-0.2, 0) is 22.7 Å². The van der Waals surface area contributed by atoms with Crippen LogP contribution in [0.2, 0.25) is 0 Å². The molecule has 0 aliphatic heterocycles. The second kappa shape index (κ2) is 10.5. The van der Waals surface area contributed by atoms with Crippen molar-refractivity contribution in [1.82, 2.24) is 15.5 Å². The van der Waals surface area contributed by atoms with Gasteiger partial charge in [-0.15, -0.1) is 10.2 Å². The molecule has 156 valence electrons. The number of aromatic nitrogens is 2. The lowest BCUT2D eigenvalue weighted by molar-refractivity contribution is -0.126.